The molecule has 0 saturated carbocycles. The van der Waals surface area contributed by atoms with E-state index in [0.29, 0.717) is 6.04 Å². The van der Waals surface area contributed by atoms with E-state index in [-0.39, 0.29) is 12.5 Å². The van der Waals surface area contributed by atoms with Crippen LogP contribution in [-0.4, -0.2) is 43.6 Å². The lowest BCUT2D eigenvalue weighted by Crippen LogP contribution is -2.45. The molecule has 1 aliphatic heterocycles. The van der Waals surface area contributed by atoms with Gasteiger partial charge in [-0.2, -0.15) is 0 Å². The van der Waals surface area contributed by atoms with Crippen molar-refractivity contribution in [2.45, 2.75) is 39.7 Å². The third-order valence-corrected chi connectivity index (χ3v) is 4.66. The molecule has 0 aromatic heterocycles. The molecule has 22 heavy (non-hydrogen) atoms. The fourth-order valence-corrected chi connectivity index (χ4v) is 2.95. The van der Waals surface area contributed by atoms with E-state index in [0.717, 1.165) is 54.1 Å². The standard InChI is InChI=1S/C17H27N3O2/c1-11-9-15(18)12(2)13(3)17(11)22-10-16(21)20(4)14-5-7-19-8-6-14/h9,14,19H,5-8,10,18H2,1-4H3. The largest absolute Gasteiger partial charge is 0.483 e. The van der Waals surface area contributed by atoms with Crippen LogP contribution < -0.4 is 15.8 Å². The minimum absolute atomic E-state index is 0.0279. The minimum Gasteiger partial charge on any atom is -0.483 e. The van der Waals surface area contributed by atoms with Crippen molar-refractivity contribution < 1.29 is 9.53 Å². The molecule has 1 saturated heterocycles. The van der Waals surface area contributed by atoms with E-state index in [2.05, 4.69) is 5.32 Å². The molecule has 1 fully saturated rings. The summed E-state index contributed by atoms with van der Waals surface area (Å²) >= 11 is 0. The number of amides is 1. The number of carbonyl (C=O) groups is 1. The van der Waals surface area contributed by atoms with Crippen LogP contribution >= 0.6 is 0 Å². The molecule has 0 atom stereocenters. The van der Waals surface area contributed by atoms with Gasteiger partial charge in [0.15, 0.2) is 6.61 Å². The predicted octanol–water partition coefficient (Wildman–Crippen LogP) is 1.78. The number of hydrogen-bond acceptors (Lipinski definition) is 4. The molecule has 1 aliphatic rings. The van der Waals surface area contributed by atoms with E-state index in [1.165, 1.54) is 0 Å². The lowest BCUT2D eigenvalue weighted by Gasteiger charge is -2.31. The molecule has 1 amide bonds. The number of nitrogen functional groups attached to an aromatic ring is 1. The number of nitrogens with two attached hydrogens (primary N) is 1. The monoisotopic (exact) mass is 305 g/mol. The van der Waals surface area contributed by atoms with Gasteiger partial charge in [0.1, 0.15) is 5.75 Å². The van der Waals surface area contributed by atoms with Crippen molar-refractivity contribution in [2.24, 2.45) is 0 Å². The number of aryl methyl sites for hydroxylation is 1. The Morgan fingerprint density at radius 3 is 2.59 bits per heavy atom. The molecule has 3 N–H and O–H groups in total. The number of carbonyl (C=O) groups excluding carboxylic acids is 1. The lowest BCUT2D eigenvalue weighted by molar-refractivity contribution is -0.134. The molecule has 0 aliphatic carbocycles. The van der Waals surface area contributed by atoms with E-state index >= 15 is 0 Å². The lowest BCUT2D eigenvalue weighted by atomic mass is 10.0. The number of anilines is 1. The van der Waals surface area contributed by atoms with Crippen molar-refractivity contribution >= 4 is 11.6 Å². The number of rotatable bonds is 4. The third kappa shape index (κ3) is 3.53. The Hall–Kier alpha value is -1.75. The summed E-state index contributed by atoms with van der Waals surface area (Å²) in [5.41, 5.74) is 9.71. The van der Waals surface area contributed by atoms with E-state index in [9.17, 15) is 4.79 Å². The zero-order valence-corrected chi connectivity index (χ0v) is 14.0. The van der Waals surface area contributed by atoms with Crippen LogP contribution in [-0.2, 0) is 4.79 Å². The molecule has 1 heterocycles. The van der Waals surface area contributed by atoms with Crippen molar-refractivity contribution in [1.82, 2.24) is 10.2 Å². The van der Waals surface area contributed by atoms with Crippen molar-refractivity contribution in [1.29, 1.82) is 0 Å². The number of benzene rings is 1. The molecule has 0 unspecified atom stereocenters. The van der Waals surface area contributed by atoms with Gasteiger partial charge in [-0.15, -0.1) is 0 Å². The highest BCUT2D eigenvalue weighted by Crippen LogP contribution is 2.30. The molecule has 0 spiro atoms. The molecular formula is C17H27N3O2. The van der Waals surface area contributed by atoms with E-state index < -0.39 is 0 Å². The van der Waals surface area contributed by atoms with Gasteiger partial charge in [-0.3, -0.25) is 4.79 Å². The van der Waals surface area contributed by atoms with Crippen LogP contribution in [0.2, 0.25) is 0 Å². The van der Waals surface area contributed by atoms with Crippen LogP contribution in [0.15, 0.2) is 6.07 Å². The highest BCUT2D eigenvalue weighted by molar-refractivity contribution is 5.78. The first-order valence-corrected chi connectivity index (χ1v) is 7.87. The molecule has 0 radical (unpaired) electrons. The summed E-state index contributed by atoms with van der Waals surface area (Å²) in [5, 5.41) is 3.31. The number of ether oxygens (including phenoxy) is 1. The van der Waals surface area contributed by atoms with Crippen LogP contribution in [0.5, 0.6) is 5.75 Å². The van der Waals surface area contributed by atoms with Gasteiger partial charge in [0.05, 0.1) is 0 Å². The number of piperidine rings is 1. The summed E-state index contributed by atoms with van der Waals surface area (Å²) < 4.78 is 5.81. The summed E-state index contributed by atoms with van der Waals surface area (Å²) in [6.45, 7) is 7.93. The number of likely N-dealkylation sites (N-methyl/N-ethyl adjacent to an activating group) is 1. The van der Waals surface area contributed by atoms with Crippen molar-refractivity contribution in [3.8, 4) is 5.75 Å². The maximum atomic E-state index is 12.3. The number of nitrogens with zero attached hydrogens (tertiary/aromatic N) is 1. The normalized spacial score (nSPS) is 15.6. The van der Waals surface area contributed by atoms with Crippen LogP contribution in [0.1, 0.15) is 29.5 Å². The minimum atomic E-state index is 0.0279. The van der Waals surface area contributed by atoms with E-state index in [4.69, 9.17) is 10.5 Å². The van der Waals surface area contributed by atoms with Gasteiger partial charge >= 0.3 is 0 Å². The fourth-order valence-electron chi connectivity index (χ4n) is 2.95. The SMILES string of the molecule is Cc1cc(N)c(C)c(C)c1OCC(=O)N(C)C1CCNCC1. The van der Waals surface area contributed by atoms with Crippen LogP contribution in [0.25, 0.3) is 0 Å². The zero-order chi connectivity index (χ0) is 16.3. The second kappa shape index (κ2) is 7.01. The van der Waals surface area contributed by atoms with Gasteiger partial charge in [0.2, 0.25) is 0 Å². The van der Waals surface area contributed by atoms with Gasteiger partial charge in [-0.1, -0.05) is 0 Å². The summed E-state index contributed by atoms with van der Waals surface area (Å²) in [6.07, 6.45) is 2.00. The Morgan fingerprint density at radius 1 is 1.32 bits per heavy atom. The molecule has 5 nitrogen and oxygen atoms in total. The Bertz CT molecular complexity index is 551. The van der Waals surface area contributed by atoms with Gasteiger partial charge in [0, 0.05) is 18.8 Å². The van der Waals surface area contributed by atoms with Gasteiger partial charge in [-0.25, -0.2) is 0 Å². The summed E-state index contributed by atoms with van der Waals surface area (Å²) in [4.78, 5) is 14.2. The Kier molecular flexibility index (Phi) is 5.29. The Morgan fingerprint density at radius 2 is 1.95 bits per heavy atom. The summed E-state index contributed by atoms with van der Waals surface area (Å²) in [6, 6.07) is 2.21. The first-order chi connectivity index (χ1) is 10.4. The second-order valence-corrected chi connectivity index (χ2v) is 6.14. The van der Waals surface area contributed by atoms with Crippen molar-refractivity contribution in [3.63, 3.8) is 0 Å². The predicted molar refractivity (Wildman–Crippen MR) is 89.2 cm³/mol. The molecule has 122 valence electrons. The number of nitrogens with one attached hydrogen (secondary N) is 1. The van der Waals surface area contributed by atoms with Crippen molar-refractivity contribution in [2.75, 3.05) is 32.5 Å². The molecule has 1 aromatic rings. The fraction of sp³-hybridized carbons (Fsp3) is 0.588. The first kappa shape index (κ1) is 16.6. The summed E-state index contributed by atoms with van der Waals surface area (Å²) in [7, 11) is 1.87. The van der Waals surface area contributed by atoms with E-state index in [1.807, 2.05) is 38.8 Å². The maximum absolute atomic E-state index is 12.3. The third-order valence-electron chi connectivity index (χ3n) is 4.66. The Balaban J connectivity index is 2.00. The van der Waals surface area contributed by atoms with E-state index in [1.54, 1.807) is 0 Å². The van der Waals surface area contributed by atoms with Crippen molar-refractivity contribution in [3.05, 3.63) is 22.8 Å². The molecule has 1 aromatic carbocycles. The van der Waals surface area contributed by atoms with Gasteiger partial charge in [-0.05, 0) is 69.5 Å². The molecule has 5 heteroatoms. The van der Waals surface area contributed by atoms with Gasteiger partial charge < -0.3 is 20.7 Å². The zero-order valence-electron chi connectivity index (χ0n) is 14.0. The molecular weight excluding hydrogens is 278 g/mol. The molecule has 0 bridgehead atoms. The average Bonchev–Trinajstić information content (AvgIpc) is 2.52. The second-order valence-electron chi connectivity index (χ2n) is 6.14. The average molecular weight is 305 g/mol. The van der Waals surface area contributed by atoms with Crippen LogP contribution in [0, 0.1) is 20.8 Å². The topological polar surface area (TPSA) is 67.6 Å². The van der Waals surface area contributed by atoms with Crippen LogP contribution in [0.3, 0.4) is 0 Å². The maximum Gasteiger partial charge on any atom is 0.260 e. The first-order valence-electron chi connectivity index (χ1n) is 7.87. The highest BCUT2D eigenvalue weighted by atomic mass is 16.5. The molecule has 2 rings (SSSR count). The quantitative estimate of drug-likeness (QED) is 0.832. The number of hydrogen-bond donors (Lipinski definition) is 2. The summed E-state index contributed by atoms with van der Waals surface area (Å²) in [5.74, 6) is 0.805. The highest BCUT2D eigenvalue weighted by Gasteiger charge is 2.22. The van der Waals surface area contributed by atoms with Crippen LogP contribution in [0.4, 0.5) is 5.69 Å². The smallest absolute Gasteiger partial charge is 0.260 e. The van der Waals surface area contributed by atoms with Gasteiger partial charge in [0.25, 0.3) is 5.91 Å². The Labute approximate surface area is 132 Å².